The van der Waals surface area contributed by atoms with Gasteiger partial charge >= 0.3 is 0 Å². The molecule has 0 bridgehead atoms. The third-order valence-electron chi connectivity index (χ3n) is 4.38. The molecule has 124 valence electrons. The minimum Gasteiger partial charge on any atom is -0.340 e. The van der Waals surface area contributed by atoms with Gasteiger partial charge in [-0.3, -0.25) is 9.36 Å². The molecule has 2 unspecified atom stereocenters. The standard InChI is InChI=1S/C15H32N3O2P/c1-7-14(4)12-21(20,16(5)6)18-10-8-17(9-11-18)15(19)13(2)3/h13-14H,7-12H2,1-6H3. The Balaban J connectivity index is 2.73. The van der Waals surface area contributed by atoms with Gasteiger partial charge in [-0.15, -0.1) is 0 Å². The number of carbonyl (C=O) groups is 1. The Kier molecular flexibility index (Phi) is 6.89. The van der Waals surface area contributed by atoms with Gasteiger partial charge in [0.2, 0.25) is 13.4 Å². The number of hydrogen-bond donors (Lipinski definition) is 0. The van der Waals surface area contributed by atoms with E-state index in [1.54, 1.807) is 0 Å². The van der Waals surface area contributed by atoms with E-state index in [9.17, 15) is 9.36 Å². The average molecular weight is 317 g/mol. The van der Waals surface area contributed by atoms with Crippen molar-refractivity contribution in [1.82, 2.24) is 14.2 Å². The summed E-state index contributed by atoms with van der Waals surface area (Å²) in [6, 6.07) is 0. The summed E-state index contributed by atoms with van der Waals surface area (Å²) in [6.07, 6.45) is 1.78. The second-order valence-corrected chi connectivity index (χ2v) is 9.70. The van der Waals surface area contributed by atoms with Gasteiger partial charge in [0.25, 0.3) is 0 Å². The van der Waals surface area contributed by atoms with Crippen LogP contribution >= 0.6 is 7.44 Å². The number of nitrogens with zero attached hydrogens (tertiary/aromatic N) is 3. The molecular weight excluding hydrogens is 285 g/mol. The van der Waals surface area contributed by atoms with Crippen molar-refractivity contribution in [2.75, 3.05) is 46.4 Å². The first kappa shape index (κ1) is 18.7. The molecule has 0 aromatic carbocycles. The van der Waals surface area contributed by atoms with Crippen molar-refractivity contribution in [1.29, 1.82) is 0 Å². The monoisotopic (exact) mass is 317 g/mol. The van der Waals surface area contributed by atoms with Crippen LogP contribution in [-0.4, -0.2) is 66.6 Å². The Morgan fingerprint density at radius 2 is 1.67 bits per heavy atom. The molecular formula is C15H32N3O2P. The molecule has 0 saturated carbocycles. The van der Waals surface area contributed by atoms with Crippen molar-refractivity contribution in [2.45, 2.75) is 34.1 Å². The molecule has 1 fully saturated rings. The summed E-state index contributed by atoms with van der Waals surface area (Å²) in [4.78, 5) is 13.9. The molecule has 1 aliphatic heterocycles. The fourth-order valence-electron chi connectivity index (χ4n) is 2.66. The van der Waals surface area contributed by atoms with Crippen molar-refractivity contribution in [3.8, 4) is 0 Å². The highest BCUT2D eigenvalue weighted by Crippen LogP contribution is 2.53. The molecule has 21 heavy (non-hydrogen) atoms. The number of amides is 1. The van der Waals surface area contributed by atoms with Crippen LogP contribution in [0.3, 0.4) is 0 Å². The lowest BCUT2D eigenvalue weighted by Crippen LogP contribution is -2.50. The van der Waals surface area contributed by atoms with Crippen LogP contribution in [0.15, 0.2) is 0 Å². The van der Waals surface area contributed by atoms with Gasteiger partial charge in [0.1, 0.15) is 0 Å². The van der Waals surface area contributed by atoms with Gasteiger partial charge in [0.05, 0.1) is 0 Å². The minimum atomic E-state index is -2.49. The minimum absolute atomic E-state index is 0.0392. The maximum absolute atomic E-state index is 13.4. The van der Waals surface area contributed by atoms with Gasteiger partial charge in [-0.1, -0.05) is 34.1 Å². The maximum atomic E-state index is 13.4. The molecule has 0 aromatic heterocycles. The predicted octanol–water partition coefficient (Wildman–Crippen LogP) is 2.59. The fraction of sp³-hybridized carbons (Fsp3) is 0.933. The molecule has 5 nitrogen and oxygen atoms in total. The highest BCUT2D eigenvalue weighted by atomic mass is 31.2. The molecule has 0 aliphatic carbocycles. The summed E-state index contributed by atoms with van der Waals surface area (Å²) < 4.78 is 17.4. The maximum Gasteiger partial charge on any atom is 0.225 e. The Labute approximate surface area is 130 Å². The number of piperazine rings is 1. The number of rotatable bonds is 6. The predicted molar refractivity (Wildman–Crippen MR) is 88.6 cm³/mol. The van der Waals surface area contributed by atoms with Crippen LogP contribution in [0.5, 0.6) is 0 Å². The van der Waals surface area contributed by atoms with E-state index in [0.717, 1.165) is 12.6 Å². The summed E-state index contributed by atoms with van der Waals surface area (Å²) >= 11 is 0. The Morgan fingerprint density at radius 3 is 2.05 bits per heavy atom. The van der Waals surface area contributed by atoms with Crippen LogP contribution < -0.4 is 0 Å². The lowest BCUT2D eigenvalue weighted by Gasteiger charge is -2.42. The number of hydrogen-bond acceptors (Lipinski definition) is 2. The molecule has 0 N–H and O–H groups in total. The third kappa shape index (κ3) is 4.54. The van der Waals surface area contributed by atoms with Gasteiger partial charge in [-0.05, 0) is 20.0 Å². The molecule has 1 amide bonds. The molecule has 1 heterocycles. The molecule has 0 aromatic rings. The summed E-state index contributed by atoms with van der Waals surface area (Å²) in [5.74, 6) is 0.696. The van der Waals surface area contributed by atoms with E-state index in [-0.39, 0.29) is 11.8 Å². The van der Waals surface area contributed by atoms with Crippen LogP contribution in [0.2, 0.25) is 0 Å². The number of carbonyl (C=O) groups excluding carboxylic acids is 1. The molecule has 1 aliphatic rings. The van der Waals surface area contributed by atoms with Crippen LogP contribution in [0.4, 0.5) is 0 Å². The Bertz CT molecular complexity index is 390. The van der Waals surface area contributed by atoms with E-state index < -0.39 is 7.44 Å². The Hall–Kier alpha value is -0.380. The topological polar surface area (TPSA) is 43.9 Å². The second kappa shape index (κ2) is 7.75. The van der Waals surface area contributed by atoms with Gasteiger partial charge < -0.3 is 4.90 Å². The molecule has 6 heteroatoms. The van der Waals surface area contributed by atoms with Crippen LogP contribution in [0, 0.1) is 11.8 Å². The first-order valence-corrected chi connectivity index (χ1v) is 9.83. The second-order valence-electron chi connectivity index (χ2n) is 6.64. The van der Waals surface area contributed by atoms with Crippen LogP contribution in [0.1, 0.15) is 34.1 Å². The van der Waals surface area contributed by atoms with E-state index in [2.05, 4.69) is 18.5 Å². The Morgan fingerprint density at radius 1 is 1.14 bits per heavy atom. The quantitative estimate of drug-likeness (QED) is 0.706. The van der Waals surface area contributed by atoms with E-state index in [1.165, 1.54) is 0 Å². The van der Waals surface area contributed by atoms with Crippen molar-refractivity contribution in [3.63, 3.8) is 0 Å². The molecule has 2 atom stereocenters. The highest BCUT2D eigenvalue weighted by Gasteiger charge is 2.37. The SMILES string of the molecule is CCC(C)CP(=O)(N(C)C)N1CCN(C(=O)C(C)C)CC1. The van der Waals surface area contributed by atoms with Crippen molar-refractivity contribution >= 4 is 13.4 Å². The van der Waals surface area contributed by atoms with Crippen molar-refractivity contribution in [3.05, 3.63) is 0 Å². The lowest BCUT2D eigenvalue weighted by atomic mass is 10.2. The largest absolute Gasteiger partial charge is 0.340 e. The molecule has 0 spiro atoms. The normalized spacial score (nSPS) is 21.6. The summed E-state index contributed by atoms with van der Waals surface area (Å²) in [5.41, 5.74) is 0. The zero-order valence-corrected chi connectivity index (χ0v) is 15.4. The molecule has 1 rings (SSSR count). The van der Waals surface area contributed by atoms with E-state index in [1.807, 2.05) is 37.5 Å². The van der Waals surface area contributed by atoms with Gasteiger partial charge in [0.15, 0.2) is 0 Å². The summed E-state index contributed by atoms with van der Waals surface area (Å²) in [5, 5.41) is 0. The lowest BCUT2D eigenvalue weighted by molar-refractivity contribution is -0.135. The van der Waals surface area contributed by atoms with Crippen molar-refractivity contribution in [2.24, 2.45) is 11.8 Å². The molecule has 1 saturated heterocycles. The smallest absolute Gasteiger partial charge is 0.225 e. The van der Waals surface area contributed by atoms with E-state index in [4.69, 9.17) is 0 Å². The first-order valence-electron chi connectivity index (χ1n) is 8.03. The van der Waals surface area contributed by atoms with Gasteiger partial charge in [0, 0.05) is 38.3 Å². The van der Waals surface area contributed by atoms with E-state index in [0.29, 0.717) is 32.1 Å². The zero-order valence-electron chi connectivity index (χ0n) is 14.5. The molecule has 0 radical (unpaired) electrons. The fourth-order valence-corrected chi connectivity index (χ4v) is 5.60. The summed E-state index contributed by atoms with van der Waals surface area (Å²) in [7, 11) is 1.33. The van der Waals surface area contributed by atoms with E-state index >= 15 is 0 Å². The van der Waals surface area contributed by atoms with Crippen LogP contribution in [0.25, 0.3) is 0 Å². The average Bonchev–Trinajstić information content (AvgIpc) is 2.45. The highest BCUT2D eigenvalue weighted by molar-refractivity contribution is 7.59. The third-order valence-corrected chi connectivity index (χ3v) is 8.01. The van der Waals surface area contributed by atoms with Gasteiger partial charge in [-0.25, -0.2) is 9.34 Å². The zero-order chi connectivity index (χ0) is 16.2. The van der Waals surface area contributed by atoms with Gasteiger partial charge in [-0.2, -0.15) is 0 Å². The van der Waals surface area contributed by atoms with Crippen LogP contribution in [-0.2, 0) is 9.36 Å². The van der Waals surface area contributed by atoms with Crippen molar-refractivity contribution < 1.29 is 9.36 Å². The first-order chi connectivity index (χ1) is 9.72. The summed E-state index contributed by atoms with van der Waals surface area (Å²) in [6.45, 7) is 11.0.